The molecule has 0 saturated carbocycles. The van der Waals surface area contributed by atoms with E-state index in [4.69, 9.17) is 9.84 Å². The number of amides is 1. The molecule has 1 atom stereocenters. The Hall–Kier alpha value is -2.04. The Morgan fingerprint density at radius 3 is 2.59 bits per heavy atom. The predicted octanol–water partition coefficient (Wildman–Crippen LogP) is 1.74. The smallest absolute Gasteiger partial charge is 0.316 e. The summed E-state index contributed by atoms with van der Waals surface area (Å²) in [6.07, 6.45) is 0.246. The average Bonchev–Trinajstić information content (AvgIpc) is 2.30. The topological polar surface area (TPSA) is 75.6 Å². The third-order valence-corrected chi connectivity index (χ3v) is 2.39. The first kappa shape index (κ1) is 13.0. The second-order valence-corrected chi connectivity index (χ2v) is 3.49. The van der Waals surface area contributed by atoms with E-state index in [1.54, 1.807) is 31.2 Å². The minimum Gasteiger partial charge on any atom is -0.495 e. The van der Waals surface area contributed by atoms with Crippen LogP contribution in [0.3, 0.4) is 0 Å². The van der Waals surface area contributed by atoms with Crippen molar-refractivity contribution in [2.45, 2.75) is 13.3 Å². The van der Waals surface area contributed by atoms with Crippen molar-refractivity contribution in [3.8, 4) is 5.75 Å². The number of hydrogen-bond donors (Lipinski definition) is 2. The predicted molar refractivity (Wildman–Crippen MR) is 63.0 cm³/mol. The molecule has 0 aliphatic heterocycles. The van der Waals surface area contributed by atoms with Crippen LogP contribution >= 0.6 is 0 Å². The standard InChI is InChI=1S/C12H15NO4/c1-3-8(12(15)16)11(14)13-9-6-4-5-7-10(9)17-2/h4-8H,3H2,1-2H3,(H,13,14)(H,15,16). The zero-order valence-electron chi connectivity index (χ0n) is 9.77. The number of para-hydroxylation sites is 2. The number of anilines is 1. The van der Waals surface area contributed by atoms with Crippen LogP contribution in [0.4, 0.5) is 5.69 Å². The molecule has 17 heavy (non-hydrogen) atoms. The van der Waals surface area contributed by atoms with E-state index in [0.717, 1.165) is 0 Å². The van der Waals surface area contributed by atoms with Gasteiger partial charge in [0.1, 0.15) is 11.7 Å². The van der Waals surface area contributed by atoms with Crippen LogP contribution in [-0.2, 0) is 9.59 Å². The normalized spacial score (nSPS) is 11.6. The highest BCUT2D eigenvalue weighted by molar-refractivity contribution is 6.04. The first-order valence-corrected chi connectivity index (χ1v) is 5.26. The maximum absolute atomic E-state index is 11.7. The number of aliphatic carboxylic acids is 1. The third kappa shape index (κ3) is 3.21. The molecule has 0 bridgehead atoms. The molecule has 1 aromatic carbocycles. The van der Waals surface area contributed by atoms with Crippen molar-refractivity contribution >= 4 is 17.6 Å². The Labute approximate surface area is 99.4 Å². The number of benzene rings is 1. The highest BCUT2D eigenvalue weighted by Crippen LogP contribution is 2.23. The first-order chi connectivity index (χ1) is 8.10. The van der Waals surface area contributed by atoms with Gasteiger partial charge in [-0.25, -0.2) is 0 Å². The molecule has 0 spiro atoms. The van der Waals surface area contributed by atoms with E-state index < -0.39 is 17.8 Å². The molecule has 1 rings (SSSR count). The summed E-state index contributed by atoms with van der Waals surface area (Å²) in [5.41, 5.74) is 0.472. The molecule has 5 nitrogen and oxygen atoms in total. The lowest BCUT2D eigenvalue weighted by Crippen LogP contribution is -2.29. The summed E-state index contributed by atoms with van der Waals surface area (Å²) in [7, 11) is 1.49. The van der Waals surface area contributed by atoms with Gasteiger partial charge in [0.05, 0.1) is 12.8 Å². The molecule has 5 heteroatoms. The number of carboxylic acids is 1. The number of ether oxygens (including phenoxy) is 1. The van der Waals surface area contributed by atoms with Gasteiger partial charge >= 0.3 is 5.97 Å². The molecule has 2 N–H and O–H groups in total. The number of carboxylic acid groups (broad SMARTS) is 1. The van der Waals surface area contributed by atoms with Crippen LogP contribution < -0.4 is 10.1 Å². The van der Waals surface area contributed by atoms with Gasteiger partial charge in [0.25, 0.3) is 0 Å². The van der Waals surface area contributed by atoms with E-state index >= 15 is 0 Å². The van der Waals surface area contributed by atoms with Crippen molar-refractivity contribution in [2.24, 2.45) is 5.92 Å². The van der Waals surface area contributed by atoms with Gasteiger partial charge in [-0.15, -0.1) is 0 Å². The molecule has 1 unspecified atom stereocenters. The van der Waals surface area contributed by atoms with Crippen molar-refractivity contribution in [3.05, 3.63) is 24.3 Å². The van der Waals surface area contributed by atoms with Gasteiger partial charge in [-0.2, -0.15) is 0 Å². The molecule has 1 amide bonds. The lowest BCUT2D eigenvalue weighted by molar-refractivity contribution is -0.145. The number of rotatable bonds is 5. The highest BCUT2D eigenvalue weighted by atomic mass is 16.5. The summed E-state index contributed by atoms with van der Waals surface area (Å²) in [6, 6.07) is 6.85. The molecule has 0 saturated heterocycles. The Morgan fingerprint density at radius 2 is 2.06 bits per heavy atom. The highest BCUT2D eigenvalue weighted by Gasteiger charge is 2.24. The Kier molecular flexibility index (Phi) is 4.51. The number of carbonyl (C=O) groups excluding carboxylic acids is 1. The number of nitrogens with one attached hydrogen (secondary N) is 1. The van der Waals surface area contributed by atoms with Crippen LogP contribution in [0.2, 0.25) is 0 Å². The summed E-state index contributed by atoms with van der Waals surface area (Å²) in [5.74, 6) is -2.20. The SMILES string of the molecule is CCC(C(=O)O)C(=O)Nc1ccccc1OC. The summed E-state index contributed by atoms with van der Waals surface area (Å²) in [6.45, 7) is 1.65. The monoisotopic (exact) mass is 237 g/mol. The number of hydrogen-bond acceptors (Lipinski definition) is 3. The van der Waals surface area contributed by atoms with Crippen LogP contribution in [0, 0.1) is 5.92 Å². The van der Waals surface area contributed by atoms with Crippen molar-refractivity contribution in [3.63, 3.8) is 0 Å². The fraction of sp³-hybridized carbons (Fsp3) is 0.333. The summed E-state index contributed by atoms with van der Waals surface area (Å²) in [4.78, 5) is 22.5. The lowest BCUT2D eigenvalue weighted by Gasteiger charge is -2.13. The van der Waals surface area contributed by atoms with E-state index in [-0.39, 0.29) is 6.42 Å². The largest absolute Gasteiger partial charge is 0.495 e. The molecular weight excluding hydrogens is 222 g/mol. The van der Waals surface area contributed by atoms with Crippen molar-refractivity contribution in [2.75, 3.05) is 12.4 Å². The fourth-order valence-electron chi connectivity index (χ4n) is 1.44. The fourth-order valence-corrected chi connectivity index (χ4v) is 1.44. The maximum atomic E-state index is 11.7. The van der Waals surface area contributed by atoms with E-state index in [9.17, 15) is 9.59 Å². The molecule has 0 aromatic heterocycles. The summed E-state index contributed by atoms with van der Waals surface area (Å²) in [5, 5.41) is 11.4. The molecule has 0 aliphatic carbocycles. The Morgan fingerprint density at radius 1 is 1.41 bits per heavy atom. The molecule has 0 heterocycles. The maximum Gasteiger partial charge on any atom is 0.316 e. The van der Waals surface area contributed by atoms with Crippen molar-refractivity contribution in [1.82, 2.24) is 0 Å². The molecule has 0 aliphatic rings. The minimum absolute atomic E-state index is 0.246. The summed E-state index contributed by atoms with van der Waals surface area (Å²) < 4.78 is 5.06. The Bertz CT molecular complexity index is 417. The van der Waals surface area contributed by atoms with Crippen LogP contribution in [0.5, 0.6) is 5.75 Å². The van der Waals surface area contributed by atoms with Gasteiger partial charge in [0.15, 0.2) is 0 Å². The van der Waals surface area contributed by atoms with Gasteiger partial charge in [-0.1, -0.05) is 19.1 Å². The van der Waals surface area contributed by atoms with Crippen LogP contribution in [0.1, 0.15) is 13.3 Å². The van der Waals surface area contributed by atoms with Crippen molar-refractivity contribution in [1.29, 1.82) is 0 Å². The lowest BCUT2D eigenvalue weighted by atomic mass is 10.1. The van der Waals surface area contributed by atoms with Crippen LogP contribution in [0.15, 0.2) is 24.3 Å². The minimum atomic E-state index is -1.13. The zero-order chi connectivity index (χ0) is 12.8. The summed E-state index contributed by atoms with van der Waals surface area (Å²) >= 11 is 0. The van der Waals surface area contributed by atoms with Crippen LogP contribution in [0.25, 0.3) is 0 Å². The molecule has 0 fully saturated rings. The second-order valence-electron chi connectivity index (χ2n) is 3.49. The quantitative estimate of drug-likeness (QED) is 0.765. The number of methoxy groups -OCH3 is 1. The van der Waals surface area contributed by atoms with E-state index in [0.29, 0.717) is 11.4 Å². The van der Waals surface area contributed by atoms with E-state index in [1.807, 2.05) is 0 Å². The molecule has 0 radical (unpaired) electrons. The van der Waals surface area contributed by atoms with Gasteiger partial charge < -0.3 is 15.2 Å². The van der Waals surface area contributed by atoms with Crippen LogP contribution in [-0.4, -0.2) is 24.1 Å². The zero-order valence-corrected chi connectivity index (χ0v) is 9.77. The van der Waals surface area contributed by atoms with E-state index in [2.05, 4.69) is 5.32 Å². The van der Waals surface area contributed by atoms with Gasteiger partial charge in [-0.3, -0.25) is 9.59 Å². The second kappa shape index (κ2) is 5.89. The molecular formula is C12H15NO4. The third-order valence-electron chi connectivity index (χ3n) is 2.39. The van der Waals surface area contributed by atoms with Gasteiger partial charge in [0, 0.05) is 0 Å². The molecule has 92 valence electrons. The Balaban J connectivity index is 2.83. The molecule has 1 aromatic rings. The van der Waals surface area contributed by atoms with Gasteiger partial charge in [-0.05, 0) is 18.6 Å². The number of carbonyl (C=O) groups is 2. The average molecular weight is 237 g/mol. The van der Waals surface area contributed by atoms with Crippen molar-refractivity contribution < 1.29 is 19.4 Å². The van der Waals surface area contributed by atoms with E-state index in [1.165, 1.54) is 7.11 Å². The van der Waals surface area contributed by atoms with Gasteiger partial charge in [0.2, 0.25) is 5.91 Å². The first-order valence-electron chi connectivity index (χ1n) is 5.26.